The van der Waals surface area contributed by atoms with Crippen molar-refractivity contribution in [2.75, 3.05) is 5.32 Å². The smallest absolute Gasteiger partial charge is 0.209 e. The zero-order valence-corrected chi connectivity index (χ0v) is 14.1. The second-order valence-corrected chi connectivity index (χ2v) is 6.50. The van der Waals surface area contributed by atoms with Crippen LogP contribution in [0.25, 0.3) is 10.9 Å². The van der Waals surface area contributed by atoms with E-state index in [-0.39, 0.29) is 29.1 Å². The first kappa shape index (κ1) is 17.2. The number of nitrogens with zero attached hydrogens (tertiary/aromatic N) is 2. The van der Waals surface area contributed by atoms with Crippen molar-refractivity contribution >= 4 is 16.6 Å². The Hall–Kier alpha value is -3.27. The molecule has 1 aliphatic rings. The van der Waals surface area contributed by atoms with Crippen LogP contribution >= 0.6 is 0 Å². The lowest BCUT2D eigenvalue weighted by atomic mass is 10.1. The van der Waals surface area contributed by atoms with Gasteiger partial charge in [0.05, 0.1) is 16.6 Å². The summed E-state index contributed by atoms with van der Waals surface area (Å²) in [4.78, 5) is 12.7. The number of anilines is 1. The van der Waals surface area contributed by atoms with E-state index in [1.165, 1.54) is 10.8 Å². The predicted octanol–water partition coefficient (Wildman–Crippen LogP) is 4.24. The van der Waals surface area contributed by atoms with Gasteiger partial charge in [-0.05, 0) is 18.4 Å². The maximum absolute atomic E-state index is 14.6. The number of hydrogen-bond donors (Lipinski definition) is 1. The molecule has 0 atom stereocenters. The van der Waals surface area contributed by atoms with Crippen molar-refractivity contribution < 1.29 is 13.2 Å². The maximum Gasteiger partial charge on any atom is 0.209 e. The van der Waals surface area contributed by atoms with Gasteiger partial charge in [0.25, 0.3) is 0 Å². The van der Waals surface area contributed by atoms with Crippen LogP contribution in [0, 0.1) is 28.8 Å². The summed E-state index contributed by atoms with van der Waals surface area (Å²) in [6.45, 7) is 0.109. The number of hydrogen-bond acceptors (Lipinski definition) is 3. The summed E-state index contributed by atoms with van der Waals surface area (Å²) in [5.41, 5.74) is -1.02. The first-order chi connectivity index (χ1) is 13.0. The maximum atomic E-state index is 14.6. The molecule has 4 nitrogen and oxygen atoms in total. The van der Waals surface area contributed by atoms with Crippen molar-refractivity contribution in [2.24, 2.45) is 0 Å². The fourth-order valence-corrected chi connectivity index (χ4v) is 3.18. The van der Waals surface area contributed by atoms with E-state index in [0.29, 0.717) is 12.8 Å². The predicted molar refractivity (Wildman–Crippen MR) is 94.8 cm³/mol. The molecule has 2 aromatic carbocycles. The molecule has 1 fully saturated rings. The largest absolute Gasteiger partial charge is 0.378 e. The number of pyridine rings is 1. The summed E-state index contributed by atoms with van der Waals surface area (Å²) in [5.74, 6) is -4.52. The summed E-state index contributed by atoms with van der Waals surface area (Å²) >= 11 is 0. The number of benzene rings is 2. The Labute approximate surface area is 152 Å². The molecule has 0 unspecified atom stereocenters. The Balaban J connectivity index is 1.98. The highest BCUT2D eigenvalue weighted by atomic mass is 19.2. The second kappa shape index (κ2) is 6.47. The second-order valence-electron chi connectivity index (χ2n) is 6.50. The van der Waals surface area contributed by atoms with E-state index in [1.54, 1.807) is 30.3 Å². The van der Waals surface area contributed by atoms with Crippen molar-refractivity contribution in [3.8, 4) is 6.07 Å². The lowest BCUT2D eigenvalue weighted by Gasteiger charge is -2.17. The van der Waals surface area contributed by atoms with Crippen molar-refractivity contribution in [1.29, 1.82) is 5.26 Å². The van der Waals surface area contributed by atoms with Crippen LogP contribution in [-0.4, -0.2) is 4.57 Å². The van der Waals surface area contributed by atoms with Gasteiger partial charge in [0.1, 0.15) is 11.6 Å². The summed E-state index contributed by atoms with van der Waals surface area (Å²) in [5, 5.41) is 11.6. The summed E-state index contributed by atoms with van der Waals surface area (Å²) < 4.78 is 44.8. The molecule has 1 saturated carbocycles. The lowest BCUT2D eigenvalue weighted by molar-refractivity contribution is 0.451. The molecule has 4 rings (SSSR count). The van der Waals surface area contributed by atoms with E-state index in [4.69, 9.17) is 0 Å². The summed E-state index contributed by atoms with van der Waals surface area (Å²) in [7, 11) is 0. The number of fused-ring (bicyclic) bond motifs is 1. The Morgan fingerprint density at radius 2 is 1.81 bits per heavy atom. The van der Waals surface area contributed by atoms with Gasteiger partial charge in [0.15, 0.2) is 17.5 Å². The van der Waals surface area contributed by atoms with Gasteiger partial charge < -0.3 is 9.88 Å². The van der Waals surface area contributed by atoms with Gasteiger partial charge >= 0.3 is 0 Å². The van der Waals surface area contributed by atoms with E-state index < -0.39 is 28.6 Å². The van der Waals surface area contributed by atoms with Gasteiger partial charge in [-0.2, -0.15) is 5.26 Å². The average Bonchev–Trinajstić information content (AvgIpc) is 3.52. The van der Waals surface area contributed by atoms with Crippen molar-refractivity contribution in [3.05, 3.63) is 75.3 Å². The van der Waals surface area contributed by atoms with E-state index in [2.05, 4.69) is 5.32 Å². The Morgan fingerprint density at radius 1 is 1.11 bits per heavy atom. The molecular weight excluding hydrogens is 355 g/mol. The van der Waals surface area contributed by atoms with Crippen LogP contribution in [0.4, 0.5) is 18.9 Å². The number of rotatable bonds is 4. The monoisotopic (exact) mass is 369 g/mol. The van der Waals surface area contributed by atoms with Crippen molar-refractivity contribution in [1.82, 2.24) is 4.57 Å². The standard InChI is InChI=1S/C20H14F3N3O/c21-15-16(22)18(25-9-11-4-2-1-3-5-11)14-19(17(15)23)26(13-6-7-13)10-12(8-24)20(14)27/h1-5,10,13,25H,6-7,9H2. The molecule has 1 aliphatic carbocycles. The van der Waals surface area contributed by atoms with E-state index >= 15 is 0 Å². The van der Waals surface area contributed by atoms with Gasteiger partial charge in [-0.25, -0.2) is 13.2 Å². The minimum Gasteiger partial charge on any atom is -0.378 e. The van der Waals surface area contributed by atoms with Crippen LogP contribution < -0.4 is 10.7 Å². The molecule has 1 heterocycles. The summed E-state index contributed by atoms with van der Waals surface area (Å²) in [6.07, 6.45) is 2.66. The highest BCUT2D eigenvalue weighted by molar-refractivity contribution is 5.93. The van der Waals surface area contributed by atoms with Gasteiger partial charge in [-0.1, -0.05) is 30.3 Å². The van der Waals surface area contributed by atoms with E-state index in [0.717, 1.165) is 5.56 Å². The topological polar surface area (TPSA) is 57.8 Å². The molecular formula is C20H14F3N3O. The van der Waals surface area contributed by atoms with Gasteiger partial charge in [0.2, 0.25) is 5.43 Å². The molecule has 0 saturated heterocycles. The number of halogens is 3. The zero-order valence-electron chi connectivity index (χ0n) is 14.1. The van der Waals surface area contributed by atoms with Crippen LogP contribution in [-0.2, 0) is 6.54 Å². The molecule has 0 aliphatic heterocycles. The minimum absolute atomic E-state index is 0.109. The molecule has 0 amide bonds. The summed E-state index contributed by atoms with van der Waals surface area (Å²) in [6, 6.07) is 10.6. The number of aromatic nitrogens is 1. The third-order valence-electron chi connectivity index (χ3n) is 4.67. The minimum atomic E-state index is -1.64. The molecule has 0 bridgehead atoms. The Kier molecular flexibility index (Phi) is 4.11. The highest BCUT2D eigenvalue weighted by Gasteiger charge is 2.31. The highest BCUT2D eigenvalue weighted by Crippen LogP contribution is 2.40. The molecule has 1 aromatic heterocycles. The Morgan fingerprint density at radius 3 is 2.44 bits per heavy atom. The fourth-order valence-electron chi connectivity index (χ4n) is 3.18. The third kappa shape index (κ3) is 2.83. The zero-order chi connectivity index (χ0) is 19.1. The molecule has 3 aromatic rings. The molecule has 27 heavy (non-hydrogen) atoms. The van der Waals surface area contributed by atoms with Crippen LogP contribution in [0.3, 0.4) is 0 Å². The third-order valence-corrected chi connectivity index (χ3v) is 4.67. The Bertz CT molecular complexity index is 1150. The number of nitriles is 1. The molecule has 136 valence electrons. The molecule has 1 N–H and O–H groups in total. The number of nitrogens with one attached hydrogen (secondary N) is 1. The van der Waals surface area contributed by atoms with Gasteiger partial charge in [-0.15, -0.1) is 0 Å². The van der Waals surface area contributed by atoms with Crippen LogP contribution in [0.5, 0.6) is 0 Å². The molecule has 0 radical (unpaired) electrons. The first-order valence-corrected chi connectivity index (χ1v) is 8.46. The van der Waals surface area contributed by atoms with Gasteiger partial charge in [-0.3, -0.25) is 4.79 Å². The van der Waals surface area contributed by atoms with Crippen molar-refractivity contribution in [3.63, 3.8) is 0 Å². The van der Waals surface area contributed by atoms with Crippen molar-refractivity contribution in [2.45, 2.75) is 25.4 Å². The fraction of sp³-hybridized carbons (Fsp3) is 0.200. The quantitative estimate of drug-likeness (QED) is 0.700. The lowest BCUT2D eigenvalue weighted by Crippen LogP contribution is -2.18. The van der Waals surface area contributed by atoms with Crippen LogP contribution in [0.15, 0.2) is 41.3 Å². The normalized spacial score (nSPS) is 13.6. The van der Waals surface area contributed by atoms with Gasteiger partial charge in [0, 0.05) is 18.8 Å². The van der Waals surface area contributed by atoms with Crippen LogP contribution in [0.1, 0.15) is 30.0 Å². The van der Waals surface area contributed by atoms with E-state index in [9.17, 15) is 23.2 Å². The first-order valence-electron chi connectivity index (χ1n) is 8.46. The molecule has 7 heteroatoms. The van der Waals surface area contributed by atoms with E-state index in [1.807, 2.05) is 6.07 Å². The van der Waals surface area contributed by atoms with Crippen LogP contribution in [0.2, 0.25) is 0 Å². The average molecular weight is 369 g/mol. The SMILES string of the molecule is N#Cc1cn(C2CC2)c2c(F)c(F)c(F)c(NCc3ccccc3)c2c1=O. The molecule has 0 spiro atoms.